The summed E-state index contributed by atoms with van der Waals surface area (Å²) in [6, 6.07) is 7.53. The number of hydrogen-bond acceptors (Lipinski definition) is 5. The summed E-state index contributed by atoms with van der Waals surface area (Å²) in [4.78, 5) is 1.96. The Labute approximate surface area is 127 Å². The molecular formula is C14H25N3O3S. The molecule has 1 rings (SSSR count). The summed E-state index contributed by atoms with van der Waals surface area (Å²) < 4.78 is 31.9. The first kappa shape index (κ1) is 17.9. The third-order valence-corrected chi connectivity index (χ3v) is 5.26. The molecule has 3 N–H and O–H groups in total. The number of sulfonamides is 1. The Morgan fingerprint density at radius 1 is 1.38 bits per heavy atom. The highest BCUT2D eigenvalue weighted by Crippen LogP contribution is 2.22. The van der Waals surface area contributed by atoms with Gasteiger partial charge in [0.2, 0.25) is 10.0 Å². The minimum absolute atomic E-state index is 0.0835. The van der Waals surface area contributed by atoms with Gasteiger partial charge in [0.25, 0.3) is 0 Å². The van der Waals surface area contributed by atoms with E-state index in [0.29, 0.717) is 0 Å². The van der Waals surface area contributed by atoms with Crippen molar-refractivity contribution >= 4 is 10.0 Å². The van der Waals surface area contributed by atoms with Crippen molar-refractivity contribution in [3.05, 3.63) is 29.8 Å². The maximum atomic E-state index is 12.0. The van der Waals surface area contributed by atoms with Crippen LogP contribution in [0.15, 0.2) is 24.3 Å². The summed E-state index contributed by atoms with van der Waals surface area (Å²) in [5.74, 6) is 0.748. The molecule has 120 valence electrons. The predicted molar refractivity (Wildman–Crippen MR) is 84.9 cm³/mol. The van der Waals surface area contributed by atoms with Crippen molar-refractivity contribution in [2.45, 2.75) is 18.2 Å². The fraction of sp³-hybridized carbons (Fsp3) is 0.571. The number of likely N-dealkylation sites (N-methyl/N-ethyl adjacent to an activating group) is 1. The van der Waals surface area contributed by atoms with Crippen molar-refractivity contribution in [3.8, 4) is 5.75 Å². The van der Waals surface area contributed by atoms with Gasteiger partial charge in [-0.3, -0.25) is 0 Å². The van der Waals surface area contributed by atoms with Crippen LogP contribution >= 0.6 is 0 Å². The van der Waals surface area contributed by atoms with Gasteiger partial charge in [-0.1, -0.05) is 12.1 Å². The molecular weight excluding hydrogens is 290 g/mol. The number of nitrogens with zero attached hydrogens (tertiary/aromatic N) is 1. The Kier molecular flexibility index (Phi) is 6.60. The van der Waals surface area contributed by atoms with Crippen LogP contribution in [0.1, 0.15) is 18.5 Å². The third-order valence-electron chi connectivity index (χ3n) is 3.44. The van der Waals surface area contributed by atoms with E-state index < -0.39 is 15.3 Å². The van der Waals surface area contributed by atoms with Crippen molar-refractivity contribution in [1.29, 1.82) is 0 Å². The molecule has 1 aromatic rings. The highest BCUT2D eigenvalue weighted by molar-refractivity contribution is 7.90. The van der Waals surface area contributed by atoms with Crippen LogP contribution in [0.25, 0.3) is 0 Å². The van der Waals surface area contributed by atoms with Crippen LogP contribution in [-0.2, 0) is 10.0 Å². The van der Waals surface area contributed by atoms with E-state index in [1.807, 2.05) is 43.3 Å². The van der Waals surface area contributed by atoms with Gasteiger partial charge in [-0.25, -0.2) is 13.1 Å². The zero-order valence-electron chi connectivity index (χ0n) is 13.0. The standard InChI is InChI=1S/C14H25N3O3S/c1-11(9-15)21(18,19)16-10-14(17(2)3)12-6-5-7-13(8-12)20-4/h5-8,11,14,16H,9-10,15H2,1-4H3. The second-order valence-electron chi connectivity index (χ2n) is 5.20. The SMILES string of the molecule is COc1cccc(C(CNS(=O)(=O)C(C)CN)N(C)C)c1. The van der Waals surface area contributed by atoms with E-state index in [-0.39, 0.29) is 19.1 Å². The monoisotopic (exact) mass is 315 g/mol. The maximum absolute atomic E-state index is 12.0. The summed E-state index contributed by atoms with van der Waals surface area (Å²) in [7, 11) is 2.03. The lowest BCUT2D eigenvalue weighted by molar-refractivity contribution is 0.298. The number of nitrogens with one attached hydrogen (secondary N) is 1. The van der Waals surface area contributed by atoms with Gasteiger partial charge in [0.05, 0.1) is 12.4 Å². The van der Waals surface area contributed by atoms with Gasteiger partial charge < -0.3 is 15.4 Å². The summed E-state index contributed by atoms with van der Waals surface area (Å²) in [6.07, 6.45) is 0. The molecule has 2 unspecified atom stereocenters. The largest absolute Gasteiger partial charge is 0.497 e. The number of benzene rings is 1. The van der Waals surface area contributed by atoms with Gasteiger partial charge >= 0.3 is 0 Å². The van der Waals surface area contributed by atoms with Crippen LogP contribution in [-0.4, -0.2) is 52.9 Å². The van der Waals surface area contributed by atoms with Crippen LogP contribution in [0, 0.1) is 0 Å². The Balaban J connectivity index is 2.88. The zero-order chi connectivity index (χ0) is 16.0. The number of methoxy groups -OCH3 is 1. The van der Waals surface area contributed by atoms with Crippen LogP contribution in [0.4, 0.5) is 0 Å². The Morgan fingerprint density at radius 2 is 2.05 bits per heavy atom. The van der Waals surface area contributed by atoms with Gasteiger partial charge in [-0.2, -0.15) is 0 Å². The Morgan fingerprint density at radius 3 is 2.57 bits per heavy atom. The average molecular weight is 315 g/mol. The zero-order valence-corrected chi connectivity index (χ0v) is 13.9. The topological polar surface area (TPSA) is 84.7 Å². The van der Waals surface area contributed by atoms with E-state index in [0.717, 1.165) is 11.3 Å². The van der Waals surface area contributed by atoms with Crippen LogP contribution in [0.5, 0.6) is 5.75 Å². The molecule has 0 amide bonds. The Bertz CT molecular complexity index is 546. The van der Waals surface area contributed by atoms with Crippen molar-refractivity contribution in [3.63, 3.8) is 0 Å². The highest BCUT2D eigenvalue weighted by atomic mass is 32.2. The molecule has 0 spiro atoms. The first-order chi connectivity index (χ1) is 9.81. The van der Waals surface area contributed by atoms with Gasteiger partial charge in [0, 0.05) is 19.1 Å². The number of hydrogen-bond donors (Lipinski definition) is 2. The Hall–Kier alpha value is -1.15. The van der Waals surface area contributed by atoms with Gasteiger partial charge in [0.1, 0.15) is 5.75 Å². The van der Waals surface area contributed by atoms with Crippen LogP contribution < -0.4 is 15.2 Å². The average Bonchev–Trinajstić information content (AvgIpc) is 2.46. The number of ether oxygens (including phenoxy) is 1. The first-order valence-corrected chi connectivity index (χ1v) is 8.35. The van der Waals surface area contributed by atoms with E-state index in [9.17, 15) is 8.42 Å². The normalized spacial score (nSPS) is 15.0. The molecule has 0 aromatic heterocycles. The van der Waals surface area contributed by atoms with E-state index in [4.69, 9.17) is 10.5 Å². The summed E-state index contributed by atoms with van der Waals surface area (Å²) in [5, 5.41) is -0.606. The van der Waals surface area contributed by atoms with Crippen molar-refractivity contribution < 1.29 is 13.2 Å². The molecule has 0 aliphatic rings. The third kappa shape index (κ3) is 4.96. The van der Waals surface area contributed by atoms with Crippen molar-refractivity contribution in [2.75, 3.05) is 34.3 Å². The number of rotatable bonds is 8. The lowest BCUT2D eigenvalue weighted by Crippen LogP contribution is -2.41. The van der Waals surface area contributed by atoms with Gasteiger partial charge in [0.15, 0.2) is 0 Å². The number of nitrogens with two attached hydrogens (primary N) is 1. The van der Waals surface area contributed by atoms with E-state index in [1.54, 1.807) is 14.0 Å². The molecule has 7 heteroatoms. The summed E-state index contributed by atoms with van der Waals surface area (Å²) in [5.41, 5.74) is 6.42. The molecule has 1 aromatic carbocycles. The lowest BCUT2D eigenvalue weighted by Gasteiger charge is -2.26. The molecule has 0 aliphatic carbocycles. The lowest BCUT2D eigenvalue weighted by atomic mass is 10.1. The molecule has 2 atom stereocenters. The predicted octanol–water partition coefficient (Wildman–Crippen LogP) is 0.565. The molecule has 0 heterocycles. The quantitative estimate of drug-likeness (QED) is 0.732. The summed E-state index contributed by atoms with van der Waals surface area (Å²) >= 11 is 0. The maximum Gasteiger partial charge on any atom is 0.215 e. The van der Waals surface area contributed by atoms with Crippen LogP contribution in [0.3, 0.4) is 0 Å². The second kappa shape index (κ2) is 7.74. The van der Waals surface area contributed by atoms with Crippen molar-refractivity contribution in [2.24, 2.45) is 5.73 Å². The van der Waals surface area contributed by atoms with Crippen LogP contribution in [0.2, 0.25) is 0 Å². The van der Waals surface area contributed by atoms with Gasteiger partial charge in [-0.05, 0) is 38.7 Å². The molecule has 0 bridgehead atoms. The minimum Gasteiger partial charge on any atom is -0.497 e. The molecule has 0 saturated heterocycles. The molecule has 0 radical (unpaired) electrons. The van der Waals surface area contributed by atoms with E-state index >= 15 is 0 Å². The highest BCUT2D eigenvalue weighted by Gasteiger charge is 2.22. The van der Waals surface area contributed by atoms with E-state index in [2.05, 4.69) is 4.72 Å². The minimum atomic E-state index is -3.40. The fourth-order valence-electron chi connectivity index (χ4n) is 1.91. The smallest absolute Gasteiger partial charge is 0.215 e. The molecule has 0 saturated carbocycles. The molecule has 21 heavy (non-hydrogen) atoms. The molecule has 6 nitrogen and oxygen atoms in total. The first-order valence-electron chi connectivity index (χ1n) is 6.80. The molecule has 0 fully saturated rings. The van der Waals surface area contributed by atoms with Crippen molar-refractivity contribution in [1.82, 2.24) is 9.62 Å². The second-order valence-corrected chi connectivity index (χ2v) is 7.38. The van der Waals surface area contributed by atoms with Gasteiger partial charge in [-0.15, -0.1) is 0 Å². The summed E-state index contributed by atoms with van der Waals surface area (Å²) in [6.45, 7) is 1.98. The van der Waals surface area contributed by atoms with E-state index in [1.165, 1.54) is 0 Å². The molecule has 0 aliphatic heterocycles. The fourth-order valence-corrected chi connectivity index (χ4v) is 2.84.